The van der Waals surface area contributed by atoms with Gasteiger partial charge in [-0.15, -0.1) is 12.4 Å². The molecular weight excluding hydrogens is 256 g/mol. The van der Waals surface area contributed by atoms with E-state index in [0.29, 0.717) is 11.5 Å². The third kappa shape index (κ3) is 1.69. The van der Waals surface area contributed by atoms with E-state index in [0.717, 1.165) is 10.1 Å². The van der Waals surface area contributed by atoms with E-state index in [9.17, 15) is 9.59 Å². The minimum absolute atomic E-state index is 0. The lowest BCUT2D eigenvalue weighted by atomic mass is 10.1. The molecule has 0 saturated heterocycles. The monoisotopic (exact) mass is 270 g/mol. The van der Waals surface area contributed by atoms with Gasteiger partial charge < -0.3 is 5.32 Å². The van der Waals surface area contributed by atoms with Gasteiger partial charge in [-0.1, -0.05) is 5.57 Å². The number of hydrogen-bond donors (Lipinski definition) is 2. The van der Waals surface area contributed by atoms with Crippen molar-refractivity contribution in [2.75, 3.05) is 5.32 Å². The zero-order chi connectivity index (χ0) is 12.9. The largest absolute Gasteiger partial charge is 0.339 e. The van der Waals surface area contributed by atoms with Crippen LogP contribution in [0.1, 0.15) is 19.4 Å². The number of rotatable bonds is 0. The lowest BCUT2D eigenvalue weighted by Gasteiger charge is -2.07. The second kappa shape index (κ2) is 4.45. The van der Waals surface area contributed by atoms with Crippen LogP contribution in [0.3, 0.4) is 0 Å². The van der Waals surface area contributed by atoms with E-state index in [1.165, 1.54) is 11.6 Å². The first-order chi connectivity index (χ1) is 7.86. The van der Waals surface area contributed by atoms with Crippen LogP contribution in [0.2, 0.25) is 0 Å². The smallest absolute Gasteiger partial charge is 0.332 e. The summed E-state index contributed by atoms with van der Waals surface area (Å²) in [5, 5.41) is 10.9. The highest BCUT2D eigenvalue weighted by Crippen LogP contribution is 2.24. The van der Waals surface area contributed by atoms with E-state index in [1.807, 2.05) is 13.8 Å². The van der Waals surface area contributed by atoms with Crippen LogP contribution >= 0.6 is 12.4 Å². The van der Waals surface area contributed by atoms with Gasteiger partial charge >= 0.3 is 5.69 Å². The van der Waals surface area contributed by atoms with Crippen molar-refractivity contribution in [3.63, 3.8) is 0 Å². The first-order valence-corrected chi connectivity index (χ1v) is 5.20. The topological polar surface area (TPSA) is 79.9 Å². The van der Waals surface area contributed by atoms with E-state index >= 15 is 0 Å². The van der Waals surface area contributed by atoms with E-state index < -0.39 is 11.2 Å². The van der Waals surface area contributed by atoms with Gasteiger partial charge in [0.1, 0.15) is 11.4 Å². The number of nitrogens with zero attached hydrogens (tertiary/aromatic N) is 2. The molecule has 1 aliphatic rings. The summed E-state index contributed by atoms with van der Waals surface area (Å²) >= 11 is 0. The molecule has 0 radical (unpaired) electrons. The third-order valence-corrected chi connectivity index (χ3v) is 2.91. The van der Waals surface area contributed by atoms with Crippen LogP contribution in [-0.4, -0.2) is 14.8 Å². The summed E-state index contributed by atoms with van der Waals surface area (Å²) in [5.74, 6) is 0.402. The molecule has 98 valence electrons. The zero-order valence-corrected chi connectivity index (χ0v) is 11.4. The maximum Gasteiger partial charge on any atom is 0.332 e. The fraction of sp³-hybridized carbons (Fsp3) is 0.364. The number of allylic oxidation sites excluding steroid dienone is 2. The van der Waals surface area contributed by atoms with Crippen molar-refractivity contribution >= 4 is 23.9 Å². The number of aromatic nitrogens is 2. The van der Waals surface area contributed by atoms with Crippen LogP contribution in [0.5, 0.6) is 0 Å². The number of nitrogens with one attached hydrogen (secondary N) is 2. The molecule has 1 aromatic heterocycles. The standard InChI is InChI=1S/C11H14N4O2.ClH/c1-5(2)8-7(12)6-9(13-8)14(3)11(17)15(4)10(6)16;/h12-13H,1-4H3;1H. The van der Waals surface area contributed by atoms with Crippen LogP contribution in [0.4, 0.5) is 5.82 Å². The van der Waals surface area contributed by atoms with Gasteiger partial charge in [0.25, 0.3) is 5.56 Å². The van der Waals surface area contributed by atoms with Gasteiger partial charge in [-0.3, -0.25) is 19.3 Å². The number of anilines is 1. The molecule has 6 nitrogen and oxygen atoms in total. The normalized spacial score (nSPS) is 12.9. The van der Waals surface area contributed by atoms with Crippen molar-refractivity contribution in [1.29, 1.82) is 5.41 Å². The molecule has 2 rings (SSSR count). The van der Waals surface area contributed by atoms with E-state index in [1.54, 1.807) is 7.05 Å². The van der Waals surface area contributed by atoms with Crippen LogP contribution in [0.25, 0.3) is 0 Å². The van der Waals surface area contributed by atoms with E-state index in [2.05, 4.69) is 5.32 Å². The SMILES string of the molecule is CC(C)=C1Nc2c(c(=O)n(C)c(=O)n2C)C1=N.Cl. The molecule has 1 aliphatic heterocycles. The number of halogens is 1. The van der Waals surface area contributed by atoms with Crippen molar-refractivity contribution in [2.45, 2.75) is 13.8 Å². The molecule has 0 spiro atoms. The predicted octanol–water partition coefficient (Wildman–Crippen LogP) is 0.593. The van der Waals surface area contributed by atoms with Gasteiger partial charge in [0.05, 0.1) is 11.4 Å². The van der Waals surface area contributed by atoms with Gasteiger partial charge in [0, 0.05) is 14.1 Å². The van der Waals surface area contributed by atoms with Gasteiger partial charge in [-0.2, -0.15) is 0 Å². The first kappa shape index (κ1) is 14.2. The van der Waals surface area contributed by atoms with Crippen molar-refractivity contribution in [1.82, 2.24) is 9.13 Å². The predicted molar refractivity (Wildman–Crippen MR) is 73.0 cm³/mol. The summed E-state index contributed by atoms with van der Waals surface area (Å²) in [6.07, 6.45) is 0. The highest BCUT2D eigenvalue weighted by molar-refractivity contribution is 6.19. The highest BCUT2D eigenvalue weighted by atomic mass is 35.5. The third-order valence-electron chi connectivity index (χ3n) is 2.91. The Bertz CT molecular complexity index is 678. The lowest BCUT2D eigenvalue weighted by molar-refractivity contribution is 0.692. The Morgan fingerprint density at radius 1 is 1.17 bits per heavy atom. The van der Waals surface area contributed by atoms with Crippen LogP contribution in [0, 0.1) is 5.41 Å². The molecule has 0 bridgehead atoms. The molecule has 0 aromatic carbocycles. The highest BCUT2D eigenvalue weighted by Gasteiger charge is 2.29. The Hall–Kier alpha value is -1.82. The van der Waals surface area contributed by atoms with E-state index in [4.69, 9.17) is 5.41 Å². The summed E-state index contributed by atoms with van der Waals surface area (Å²) < 4.78 is 2.37. The average Bonchev–Trinajstić information content (AvgIpc) is 2.62. The Kier molecular flexibility index (Phi) is 3.52. The second-order valence-corrected chi connectivity index (χ2v) is 4.30. The number of fused-ring (bicyclic) bond motifs is 1. The van der Waals surface area contributed by atoms with Gasteiger partial charge in [0.2, 0.25) is 0 Å². The molecule has 18 heavy (non-hydrogen) atoms. The van der Waals surface area contributed by atoms with Crippen molar-refractivity contribution in [3.8, 4) is 0 Å². The van der Waals surface area contributed by atoms with E-state index in [-0.39, 0.29) is 23.7 Å². The Morgan fingerprint density at radius 2 is 1.72 bits per heavy atom. The molecule has 0 saturated carbocycles. The van der Waals surface area contributed by atoms with Gasteiger partial charge in [0.15, 0.2) is 0 Å². The minimum Gasteiger partial charge on any atom is -0.339 e. The number of hydrogen-bond acceptors (Lipinski definition) is 4. The first-order valence-electron chi connectivity index (χ1n) is 5.20. The average molecular weight is 271 g/mol. The molecular formula is C11H15ClN4O2. The summed E-state index contributed by atoms with van der Waals surface area (Å²) in [6, 6.07) is 0. The van der Waals surface area contributed by atoms with Crippen molar-refractivity contribution < 1.29 is 0 Å². The molecule has 0 amide bonds. The summed E-state index contributed by atoms with van der Waals surface area (Å²) in [4.78, 5) is 23.7. The molecule has 2 N–H and O–H groups in total. The molecule has 0 aliphatic carbocycles. The Balaban J connectivity index is 0.00000162. The molecule has 1 aromatic rings. The Labute approximate surface area is 110 Å². The van der Waals surface area contributed by atoms with Crippen molar-refractivity contribution in [2.24, 2.45) is 14.1 Å². The second-order valence-electron chi connectivity index (χ2n) is 4.30. The summed E-state index contributed by atoms with van der Waals surface area (Å²) in [6.45, 7) is 3.71. The fourth-order valence-electron chi connectivity index (χ4n) is 1.90. The molecule has 0 atom stereocenters. The molecule has 7 heteroatoms. The van der Waals surface area contributed by atoms with Gasteiger partial charge in [-0.05, 0) is 13.8 Å². The maximum absolute atomic E-state index is 12.0. The quantitative estimate of drug-likeness (QED) is 0.724. The summed E-state index contributed by atoms with van der Waals surface area (Å²) in [7, 11) is 2.99. The maximum atomic E-state index is 12.0. The molecule has 0 fully saturated rings. The van der Waals surface area contributed by atoms with Gasteiger partial charge in [-0.25, -0.2) is 4.79 Å². The minimum atomic E-state index is -0.433. The van der Waals surface area contributed by atoms with Crippen LogP contribution in [0.15, 0.2) is 20.9 Å². The Morgan fingerprint density at radius 3 is 2.22 bits per heavy atom. The fourth-order valence-corrected chi connectivity index (χ4v) is 1.90. The lowest BCUT2D eigenvalue weighted by Crippen LogP contribution is -2.39. The summed E-state index contributed by atoms with van der Waals surface area (Å²) in [5.41, 5.74) is 1.07. The zero-order valence-electron chi connectivity index (χ0n) is 10.6. The van der Waals surface area contributed by atoms with Crippen LogP contribution in [-0.2, 0) is 14.1 Å². The molecule has 2 heterocycles. The molecule has 0 unspecified atom stereocenters. The van der Waals surface area contributed by atoms with Crippen molar-refractivity contribution in [3.05, 3.63) is 37.7 Å². The van der Waals surface area contributed by atoms with Crippen LogP contribution < -0.4 is 16.6 Å².